The van der Waals surface area contributed by atoms with Gasteiger partial charge >= 0.3 is 6.18 Å². The third-order valence-electron chi connectivity index (χ3n) is 5.88. The minimum atomic E-state index is -4.45. The molecule has 3 aromatic carbocycles. The molecule has 0 unspecified atom stereocenters. The molecule has 0 aliphatic rings. The van der Waals surface area contributed by atoms with Crippen molar-refractivity contribution in [2.24, 2.45) is 0 Å². The van der Waals surface area contributed by atoms with Crippen LogP contribution in [0.1, 0.15) is 54.6 Å². The summed E-state index contributed by atoms with van der Waals surface area (Å²) < 4.78 is 48.0. The second kappa shape index (κ2) is 9.80. The van der Waals surface area contributed by atoms with Crippen molar-refractivity contribution in [3.63, 3.8) is 0 Å². The molecule has 4 rings (SSSR count). The van der Waals surface area contributed by atoms with Crippen molar-refractivity contribution >= 4 is 22.0 Å². The van der Waals surface area contributed by atoms with Crippen LogP contribution in [-0.2, 0) is 6.18 Å². The minimum absolute atomic E-state index is 0.209. The molecule has 0 spiro atoms. The first-order valence-electron chi connectivity index (χ1n) is 11.5. The second-order valence-electron chi connectivity index (χ2n) is 8.40. The van der Waals surface area contributed by atoms with E-state index in [0.29, 0.717) is 24.2 Å². The Morgan fingerprint density at radius 2 is 1.65 bits per heavy atom. The summed E-state index contributed by atoms with van der Waals surface area (Å²) in [7, 11) is 0. The summed E-state index contributed by atoms with van der Waals surface area (Å²) in [5, 5.41) is 1.01. The molecule has 0 atom stereocenters. The molecule has 0 saturated carbocycles. The van der Waals surface area contributed by atoms with Crippen LogP contribution in [0.2, 0.25) is 0 Å². The third kappa shape index (κ3) is 4.89. The van der Waals surface area contributed by atoms with Crippen molar-refractivity contribution in [2.45, 2.75) is 39.8 Å². The Hall–Kier alpha value is -3.47. The number of aryl methyl sites for hydroxylation is 1. The van der Waals surface area contributed by atoms with Crippen molar-refractivity contribution in [2.75, 3.05) is 6.61 Å². The van der Waals surface area contributed by atoms with Gasteiger partial charge in [-0.2, -0.15) is 13.2 Å². The number of aromatic amines is 1. The number of benzene rings is 3. The topological polar surface area (TPSA) is 25.0 Å². The van der Waals surface area contributed by atoms with Gasteiger partial charge in [-0.15, -0.1) is 0 Å². The maximum atomic E-state index is 14.1. The minimum Gasteiger partial charge on any atom is -0.494 e. The molecule has 34 heavy (non-hydrogen) atoms. The summed E-state index contributed by atoms with van der Waals surface area (Å²) in [6, 6.07) is 22.0. The predicted molar refractivity (Wildman–Crippen MR) is 133 cm³/mol. The van der Waals surface area contributed by atoms with Crippen LogP contribution in [0.3, 0.4) is 0 Å². The summed E-state index contributed by atoms with van der Waals surface area (Å²) in [5.41, 5.74) is 4.14. The van der Waals surface area contributed by atoms with Crippen LogP contribution in [0, 0.1) is 6.92 Å². The lowest BCUT2D eigenvalue weighted by Gasteiger charge is -2.20. The zero-order valence-electron chi connectivity index (χ0n) is 19.6. The molecule has 5 heteroatoms. The van der Waals surface area contributed by atoms with E-state index in [4.69, 9.17) is 4.74 Å². The van der Waals surface area contributed by atoms with Gasteiger partial charge in [-0.3, -0.25) is 0 Å². The van der Waals surface area contributed by atoms with Crippen LogP contribution in [-0.4, -0.2) is 11.6 Å². The number of hydrogen-bond acceptors (Lipinski definition) is 1. The first-order valence-corrected chi connectivity index (χ1v) is 11.5. The first-order chi connectivity index (χ1) is 16.3. The predicted octanol–water partition coefficient (Wildman–Crippen LogP) is 8.65. The van der Waals surface area contributed by atoms with Gasteiger partial charge in [0.05, 0.1) is 12.2 Å². The highest BCUT2D eigenvalue weighted by atomic mass is 19.4. The molecule has 1 aromatic heterocycles. The standard InChI is InChI=1S/C29H28F3NO/c1-4-16-34-22-13-11-20(12-14-22)28(27-18-21-8-6-7-9-26(21)33-27)23(5-2)24-15-10-19(3)17-25(24)29(30,31)32/h6-15,17-18,33H,4-5,16H2,1-3H3/b28-23+. The zero-order valence-corrected chi connectivity index (χ0v) is 19.6. The summed E-state index contributed by atoms with van der Waals surface area (Å²) in [6.07, 6.45) is -3.12. The lowest BCUT2D eigenvalue weighted by molar-refractivity contribution is -0.137. The average Bonchev–Trinajstić information content (AvgIpc) is 3.25. The van der Waals surface area contributed by atoms with E-state index in [9.17, 15) is 13.2 Å². The van der Waals surface area contributed by atoms with Crippen molar-refractivity contribution in [1.82, 2.24) is 4.98 Å². The largest absolute Gasteiger partial charge is 0.494 e. The number of ether oxygens (including phenoxy) is 1. The Labute approximate surface area is 198 Å². The van der Waals surface area contributed by atoms with Gasteiger partial charge < -0.3 is 9.72 Å². The van der Waals surface area contributed by atoms with E-state index in [1.807, 2.05) is 68.4 Å². The van der Waals surface area contributed by atoms with Gasteiger partial charge in [-0.1, -0.05) is 61.9 Å². The maximum Gasteiger partial charge on any atom is 0.417 e. The molecule has 0 saturated heterocycles. The third-order valence-corrected chi connectivity index (χ3v) is 5.88. The van der Waals surface area contributed by atoms with Gasteiger partial charge in [0.1, 0.15) is 5.75 Å². The van der Waals surface area contributed by atoms with Crippen LogP contribution in [0.4, 0.5) is 13.2 Å². The normalized spacial score (nSPS) is 12.6. The van der Waals surface area contributed by atoms with E-state index in [1.165, 1.54) is 6.07 Å². The Morgan fingerprint density at radius 3 is 2.29 bits per heavy atom. The van der Waals surface area contributed by atoms with Gasteiger partial charge in [0.2, 0.25) is 0 Å². The number of rotatable bonds is 7. The van der Waals surface area contributed by atoms with Crippen LogP contribution >= 0.6 is 0 Å². The van der Waals surface area contributed by atoms with E-state index >= 15 is 0 Å². The fraction of sp³-hybridized carbons (Fsp3) is 0.241. The highest BCUT2D eigenvalue weighted by Gasteiger charge is 2.34. The highest BCUT2D eigenvalue weighted by molar-refractivity contribution is 6.01. The molecule has 0 aliphatic heterocycles. The average molecular weight is 464 g/mol. The number of hydrogen-bond donors (Lipinski definition) is 1. The first kappa shape index (κ1) is 23.7. The lowest BCUT2D eigenvalue weighted by Crippen LogP contribution is -2.10. The SMILES string of the molecule is CCCOc1ccc(/C(=C(/CC)c2ccc(C)cc2C(F)(F)F)c2cc3ccccc3[nH]2)cc1. The van der Waals surface area contributed by atoms with E-state index < -0.39 is 11.7 Å². The van der Waals surface area contributed by atoms with Gasteiger partial charge in [-0.05, 0) is 66.8 Å². The summed E-state index contributed by atoms with van der Waals surface area (Å²) in [6.45, 7) is 6.24. The fourth-order valence-electron chi connectivity index (χ4n) is 4.30. The molecule has 0 bridgehead atoms. The quantitative estimate of drug-likeness (QED) is 0.273. The molecule has 0 aliphatic carbocycles. The Morgan fingerprint density at radius 1 is 0.912 bits per heavy atom. The summed E-state index contributed by atoms with van der Waals surface area (Å²) >= 11 is 0. The molecular weight excluding hydrogens is 435 g/mol. The van der Waals surface area contributed by atoms with Crippen LogP contribution in [0.5, 0.6) is 5.75 Å². The molecule has 2 nitrogen and oxygen atoms in total. The lowest BCUT2D eigenvalue weighted by atomic mass is 9.87. The van der Waals surface area contributed by atoms with E-state index in [-0.39, 0.29) is 5.56 Å². The maximum absolute atomic E-state index is 14.1. The number of H-pyrrole nitrogens is 1. The zero-order chi connectivity index (χ0) is 24.3. The number of para-hydroxylation sites is 1. The molecule has 4 aromatic rings. The Balaban J connectivity index is 1.98. The smallest absolute Gasteiger partial charge is 0.417 e. The van der Waals surface area contributed by atoms with Crippen molar-refractivity contribution in [3.05, 3.63) is 101 Å². The van der Waals surface area contributed by atoms with Crippen molar-refractivity contribution in [1.29, 1.82) is 0 Å². The van der Waals surface area contributed by atoms with E-state index in [2.05, 4.69) is 4.98 Å². The molecule has 0 radical (unpaired) electrons. The number of halogens is 3. The summed E-state index contributed by atoms with van der Waals surface area (Å²) in [5.74, 6) is 0.742. The van der Waals surface area contributed by atoms with Crippen molar-refractivity contribution in [3.8, 4) is 5.75 Å². The van der Waals surface area contributed by atoms with Gasteiger partial charge in [0, 0.05) is 22.2 Å². The molecule has 1 heterocycles. The number of allylic oxidation sites excluding steroid dienone is 1. The van der Waals surface area contributed by atoms with E-state index in [0.717, 1.165) is 39.9 Å². The Kier molecular flexibility index (Phi) is 6.82. The molecule has 0 amide bonds. The van der Waals surface area contributed by atoms with Crippen molar-refractivity contribution < 1.29 is 17.9 Å². The van der Waals surface area contributed by atoms with E-state index in [1.54, 1.807) is 19.1 Å². The number of alkyl halides is 3. The number of fused-ring (bicyclic) bond motifs is 1. The van der Waals surface area contributed by atoms with Gasteiger partial charge in [0.25, 0.3) is 0 Å². The fourth-order valence-corrected chi connectivity index (χ4v) is 4.30. The van der Waals surface area contributed by atoms with Crippen LogP contribution in [0.25, 0.3) is 22.0 Å². The number of nitrogens with one attached hydrogen (secondary N) is 1. The second-order valence-corrected chi connectivity index (χ2v) is 8.40. The molecule has 1 N–H and O–H groups in total. The molecular formula is C29H28F3NO. The van der Waals surface area contributed by atoms with Crippen LogP contribution in [0.15, 0.2) is 72.8 Å². The Bertz CT molecular complexity index is 1280. The van der Waals surface area contributed by atoms with Gasteiger partial charge in [0.15, 0.2) is 0 Å². The highest BCUT2D eigenvalue weighted by Crippen LogP contribution is 2.41. The molecule has 176 valence electrons. The van der Waals surface area contributed by atoms with Gasteiger partial charge in [-0.25, -0.2) is 0 Å². The molecule has 0 fully saturated rings. The van der Waals surface area contributed by atoms with Crippen LogP contribution < -0.4 is 4.74 Å². The number of aromatic nitrogens is 1. The monoisotopic (exact) mass is 463 g/mol. The summed E-state index contributed by atoms with van der Waals surface area (Å²) in [4.78, 5) is 3.43.